The quantitative estimate of drug-likeness (QED) is 0.776. The van der Waals surface area contributed by atoms with Gasteiger partial charge in [-0.25, -0.2) is 9.67 Å². The molecule has 102 valence electrons. The van der Waals surface area contributed by atoms with Crippen LogP contribution in [0.4, 0.5) is 11.4 Å². The van der Waals surface area contributed by atoms with Gasteiger partial charge < -0.3 is 15.8 Å². The monoisotopic (exact) mass is 272 g/mol. The van der Waals surface area contributed by atoms with Gasteiger partial charge in [0, 0.05) is 5.69 Å². The molecule has 8 heteroatoms. The van der Waals surface area contributed by atoms with Crippen LogP contribution in [0.1, 0.15) is 5.82 Å². The lowest BCUT2D eigenvalue weighted by Crippen LogP contribution is -2.19. The minimum Gasteiger partial charge on any atom is -0.495 e. The van der Waals surface area contributed by atoms with E-state index in [2.05, 4.69) is 15.4 Å². The largest absolute Gasteiger partial charge is 0.495 e. The number of nitrogen functional groups attached to an aromatic ring is 1. The first kappa shape index (κ1) is 13.4. The topological polar surface area (TPSA) is 119 Å². The molecule has 0 aliphatic carbocycles. The molecular formula is C12H12N6O2. The van der Waals surface area contributed by atoms with E-state index in [4.69, 9.17) is 15.7 Å². The summed E-state index contributed by atoms with van der Waals surface area (Å²) in [5.74, 6) is 0.187. The molecule has 1 aromatic carbocycles. The van der Waals surface area contributed by atoms with Crippen molar-refractivity contribution in [1.82, 2.24) is 14.8 Å². The van der Waals surface area contributed by atoms with Crippen molar-refractivity contribution in [3.05, 3.63) is 30.4 Å². The third-order valence-corrected chi connectivity index (χ3v) is 2.44. The number of hydrogen-bond acceptors (Lipinski definition) is 6. The number of nitrogens with two attached hydrogens (primary N) is 1. The lowest BCUT2D eigenvalue weighted by atomic mass is 10.2. The van der Waals surface area contributed by atoms with Crippen LogP contribution in [0, 0.1) is 11.3 Å². The van der Waals surface area contributed by atoms with Gasteiger partial charge in [-0.3, -0.25) is 4.79 Å². The Balaban J connectivity index is 2.08. The number of nitriles is 1. The van der Waals surface area contributed by atoms with Crippen LogP contribution in [0.25, 0.3) is 0 Å². The number of benzene rings is 1. The SMILES string of the molecule is COc1ccc(N)cc1NC(=O)Cn1cnc(C#N)n1. The first-order chi connectivity index (χ1) is 9.62. The lowest BCUT2D eigenvalue weighted by Gasteiger charge is -2.10. The smallest absolute Gasteiger partial charge is 0.252 e. The van der Waals surface area contributed by atoms with Crippen molar-refractivity contribution >= 4 is 17.3 Å². The van der Waals surface area contributed by atoms with E-state index in [0.717, 1.165) is 0 Å². The normalized spacial score (nSPS) is 9.80. The molecule has 8 nitrogen and oxygen atoms in total. The third-order valence-electron chi connectivity index (χ3n) is 2.44. The summed E-state index contributed by atoms with van der Waals surface area (Å²) in [6, 6.07) is 6.71. The Morgan fingerprint density at radius 1 is 1.60 bits per heavy atom. The fourth-order valence-corrected chi connectivity index (χ4v) is 1.58. The van der Waals surface area contributed by atoms with Crippen molar-refractivity contribution in [3.63, 3.8) is 0 Å². The molecule has 0 bridgehead atoms. The van der Waals surface area contributed by atoms with Crippen molar-refractivity contribution in [3.8, 4) is 11.8 Å². The second kappa shape index (κ2) is 5.71. The summed E-state index contributed by atoms with van der Waals surface area (Å²) in [6.45, 7) is -0.0629. The second-order valence-corrected chi connectivity index (χ2v) is 3.89. The summed E-state index contributed by atoms with van der Waals surface area (Å²) in [5.41, 5.74) is 6.64. The first-order valence-corrected chi connectivity index (χ1v) is 5.65. The van der Waals surface area contributed by atoms with Gasteiger partial charge in [-0.05, 0) is 18.2 Å². The highest BCUT2D eigenvalue weighted by atomic mass is 16.5. The van der Waals surface area contributed by atoms with Gasteiger partial charge in [0.25, 0.3) is 5.82 Å². The van der Waals surface area contributed by atoms with Crippen molar-refractivity contribution in [1.29, 1.82) is 5.26 Å². The van der Waals surface area contributed by atoms with E-state index in [1.165, 1.54) is 18.1 Å². The number of carbonyl (C=O) groups is 1. The molecule has 2 aromatic rings. The van der Waals surface area contributed by atoms with Crippen LogP contribution in [0.2, 0.25) is 0 Å². The highest BCUT2D eigenvalue weighted by Gasteiger charge is 2.10. The van der Waals surface area contributed by atoms with Gasteiger partial charge in [0.15, 0.2) is 0 Å². The molecule has 20 heavy (non-hydrogen) atoms. The Labute approximate surface area is 114 Å². The maximum Gasteiger partial charge on any atom is 0.252 e. The van der Waals surface area contributed by atoms with Crippen LogP contribution in [-0.4, -0.2) is 27.8 Å². The van der Waals surface area contributed by atoms with Crippen LogP contribution >= 0.6 is 0 Å². The minimum atomic E-state index is -0.330. The molecule has 0 atom stereocenters. The molecule has 0 spiro atoms. The maximum atomic E-state index is 11.9. The molecular weight excluding hydrogens is 260 g/mol. The van der Waals surface area contributed by atoms with Crippen LogP contribution in [0.5, 0.6) is 5.75 Å². The molecule has 0 saturated carbocycles. The molecule has 1 heterocycles. The summed E-state index contributed by atoms with van der Waals surface area (Å²) in [6.07, 6.45) is 1.31. The molecule has 1 amide bonds. The molecule has 2 rings (SSSR count). The maximum absolute atomic E-state index is 11.9. The van der Waals surface area contributed by atoms with Crippen LogP contribution in [0.15, 0.2) is 24.5 Å². The second-order valence-electron chi connectivity index (χ2n) is 3.89. The molecule has 0 aliphatic heterocycles. The third kappa shape index (κ3) is 3.02. The summed E-state index contributed by atoms with van der Waals surface area (Å²) < 4.78 is 6.40. The zero-order chi connectivity index (χ0) is 14.5. The predicted octanol–water partition coefficient (Wildman–Crippen LogP) is 0.379. The number of nitrogens with one attached hydrogen (secondary N) is 1. The summed E-state index contributed by atoms with van der Waals surface area (Å²) in [7, 11) is 1.50. The summed E-state index contributed by atoms with van der Waals surface area (Å²) >= 11 is 0. The van der Waals surface area contributed by atoms with Gasteiger partial charge in [0.05, 0.1) is 12.8 Å². The number of anilines is 2. The number of nitrogens with zero attached hydrogens (tertiary/aromatic N) is 4. The lowest BCUT2D eigenvalue weighted by molar-refractivity contribution is -0.116. The average Bonchev–Trinajstić information content (AvgIpc) is 2.86. The van der Waals surface area contributed by atoms with E-state index in [-0.39, 0.29) is 18.3 Å². The van der Waals surface area contributed by atoms with Crippen LogP contribution in [0.3, 0.4) is 0 Å². The number of rotatable bonds is 4. The fourth-order valence-electron chi connectivity index (χ4n) is 1.58. The minimum absolute atomic E-state index is 0.0133. The number of aromatic nitrogens is 3. The molecule has 0 fully saturated rings. The molecule has 0 aliphatic rings. The standard InChI is InChI=1S/C12H12N6O2/c1-20-10-3-2-8(14)4-9(10)16-12(19)6-18-7-15-11(5-13)17-18/h2-4,7H,6,14H2,1H3,(H,16,19). The van der Waals surface area contributed by atoms with E-state index in [0.29, 0.717) is 17.1 Å². The van der Waals surface area contributed by atoms with Gasteiger partial charge in [-0.2, -0.15) is 5.26 Å². The zero-order valence-corrected chi connectivity index (χ0v) is 10.7. The van der Waals surface area contributed by atoms with Crippen molar-refractivity contribution in [2.75, 3.05) is 18.2 Å². The van der Waals surface area contributed by atoms with Gasteiger partial charge >= 0.3 is 0 Å². The van der Waals surface area contributed by atoms with Gasteiger partial charge in [-0.1, -0.05) is 0 Å². The van der Waals surface area contributed by atoms with Crippen molar-refractivity contribution in [2.45, 2.75) is 6.54 Å². The highest BCUT2D eigenvalue weighted by molar-refractivity contribution is 5.92. The number of carbonyl (C=O) groups excluding carboxylic acids is 1. The summed E-state index contributed by atoms with van der Waals surface area (Å²) in [5, 5.41) is 15.1. The van der Waals surface area contributed by atoms with E-state index in [9.17, 15) is 4.79 Å². The predicted molar refractivity (Wildman–Crippen MR) is 70.8 cm³/mol. The van der Waals surface area contributed by atoms with Crippen LogP contribution in [-0.2, 0) is 11.3 Å². The molecule has 3 N–H and O–H groups in total. The van der Waals surface area contributed by atoms with E-state index >= 15 is 0 Å². The van der Waals surface area contributed by atoms with Gasteiger partial charge in [-0.15, -0.1) is 5.10 Å². The van der Waals surface area contributed by atoms with E-state index in [1.807, 2.05) is 0 Å². The number of ether oxygens (including phenoxy) is 1. The molecule has 0 unspecified atom stereocenters. The van der Waals surface area contributed by atoms with E-state index < -0.39 is 0 Å². The Hall–Kier alpha value is -3.08. The molecule has 0 saturated heterocycles. The molecule has 0 radical (unpaired) electrons. The first-order valence-electron chi connectivity index (χ1n) is 5.65. The fraction of sp³-hybridized carbons (Fsp3) is 0.167. The Morgan fingerprint density at radius 3 is 3.05 bits per heavy atom. The zero-order valence-electron chi connectivity index (χ0n) is 10.7. The van der Waals surface area contributed by atoms with Crippen LogP contribution < -0.4 is 15.8 Å². The summed E-state index contributed by atoms with van der Waals surface area (Å²) in [4.78, 5) is 15.6. The number of methoxy groups -OCH3 is 1. The Kier molecular flexibility index (Phi) is 3.81. The Morgan fingerprint density at radius 2 is 2.40 bits per heavy atom. The Bertz CT molecular complexity index is 673. The van der Waals surface area contributed by atoms with E-state index in [1.54, 1.807) is 24.3 Å². The number of amides is 1. The van der Waals surface area contributed by atoms with Gasteiger partial charge in [0.2, 0.25) is 5.91 Å². The molecule has 1 aromatic heterocycles. The highest BCUT2D eigenvalue weighted by Crippen LogP contribution is 2.26. The van der Waals surface area contributed by atoms with Gasteiger partial charge in [0.1, 0.15) is 24.7 Å². The van der Waals surface area contributed by atoms with Crippen molar-refractivity contribution in [2.24, 2.45) is 0 Å². The average molecular weight is 272 g/mol. The number of hydrogen-bond donors (Lipinski definition) is 2. The van der Waals surface area contributed by atoms with Crippen molar-refractivity contribution < 1.29 is 9.53 Å².